The maximum Gasteiger partial charge on any atom is 0.331 e. The van der Waals surface area contributed by atoms with Crippen LogP contribution in [0.1, 0.15) is 20.8 Å². The van der Waals surface area contributed by atoms with Gasteiger partial charge in [-0.2, -0.15) is 0 Å². The molecule has 35 heavy (non-hydrogen) atoms. The van der Waals surface area contributed by atoms with Gasteiger partial charge in [-0.15, -0.1) is 10.2 Å². The summed E-state index contributed by atoms with van der Waals surface area (Å²) in [5.41, 5.74) is 2.53. The normalized spacial score (nSPS) is 11.1. The second-order valence-corrected chi connectivity index (χ2v) is 8.39. The van der Waals surface area contributed by atoms with Crippen molar-refractivity contribution >= 4 is 34.6 Å². The number of ether oxygens (including phenoxy) is 3. The van der Waals surface area contributed by atoms with Crippen molar-refractivity contribution < 1.29 is 23.8 Å². The van der Waals surface area contributed by atoms with Crippen LogP contribution < -0.4 is 4.74 Å². The van der Waals surface area contributed by atoms with Crippen molar-refractivity contribution in [1.82, 2.24) is 19.7 Å². The molecule has 0 aliphatic rings. The average molecular weight is 495 g/mol. The van der Waals surface area contributed by atoms with Crippen molar-refractivity contribution in [3.05, 3.63) is 54.7 Å². The molecule has 0 saturated carbocycles. The van der Waals surface area contributed by atoms with Crippen molar-refractivity contribution in [3.8, 4) is 22.8 Å². The van der Waals surface area contributed by atoms with Gasteiger partial charge in [-0.1, -0.05) is 30.0 Å². The first-order valence-electron chi connectivity index (χ1n) is 11.3. The van der Waals surface area contributed by atoms with E-state index in [1.165, 1.54) is 0 Å². The summed E-state index contributed by atoms with van der Waals surface area (Å²) in [4.78, 5) is 28.5. The molecule has 0 aliphatic heterocycles. The van der Waals surface area contributed by atoms with E-state index in [9.17, 15) is 9.59 Å². The molecule has 0 spiro atoms. The molecule has 0 unspecified atom stereocenters. The third kappa shape index (κ3) is 5.17. The highest BCUT2D eigenvalue weighted by Crippen LogP contribution is 2.34. The number of nitrogens with zero attached hydrogens (tertiary/aromatic N) is 3. The van der Waals surface area contributed by atoms with Crippen LogP contribution in [0.4, 0.5) is 0 Å². The fraction of sp³-hybridized carbons (Fsp3) is 0.280. The number of esters is 2. The van der Waals surface area contributed by atoms with E-state index in [0.29, 0.717) is 17.6 Å². The number of carbonyl (C=O) groups excluding carboxylic acids is 2. The second kappa shape index (κ2) is 11.1. The van der Waals surface area contributed by atoms with Gasteiger partial charge in [0.1, 0.15) is 5.75 Å². The summed E-state index contributed by atoms with van der Waals surface area (Å²) >= 11 is 0.943. The molecule has 0 amide bonds. The third-order valence-corrected chi connectivity index (χ3v) is 6.19. The van der Waals surface area contributed by atoms with Crippen LogP contribution >= 0.6 is 11.8 Å². The van der Waals surface area contributed by atoms with Gasteiger partial charge in [0.25, 0.3) is 0 Å². The molecule has 2 heterocycles. The van der Waals surface area contributed by atoms with E-state index in [1.54, 1.807) is 13.8 Å². The van der Waals surface area contributed by atoms with Crippen LogP contribution in [0.2, 0.25) is 0 Å². The minimum absolute atomic E-state index is 0.140. The predicted molar refractivity (Wildman–Crippen MR) is 133 cm³/mol. The Morgan fingerprint density at radius 1 is 0.943 bits per heavy atom. The monoisotopic (exact) mass is 494 g/mol. The number of benzene rings is 2. The van der Waals surface area contributed by atoms with E-state index in [2.05, 4.69) is 15.2 Å². The van der Waals surface area contributed by atoms with Crippen molar-refractivity contribution in [3.63, 3.8) is 0 Å². The van der Waals surface area contributed by atoms with Gasteiger partial charge in [0.2, 0.25) is 5.25 Å². The Kier molecular flexibility index (Phi) is 7.71. The summed E-state index contributed by atoms with van der Waals surface area (Å²) in [6.45, 7) is 6.12. The highest BCUT2D eigenvalue weighted by Gasteiger charge is 2.34. The molecular weight excluding hydrogens is 468 g/mol. The highest BCUT2D eigenvalue weighted by atomic mass is 32.2. The Labute approximate surface area is 206 Å². The van der Waals surface area contributed by atoms with E-state index in [1.807, 2.05) is 66.2 Å². The molecule has 182 valence electrons. The zero-order valence-electron chi connectivity index (χ0n) is 19.7. The zero-order valence-corrected chi connectivity index (χ0v) is 20.5. The lowest BCUT2D eigenvalue weighted by Crippen LogP contribution is -2.31. The lowest BCUT2D eigenvalue weighted by Gasteiger charge is -2.15. The van der Waals surface area contributed by atoms with Gasteiger partial charge >= 0.3 is 11.9 Å². The standard InChI is InChI=1S/C25H26N4O5S/c1-4-32-17-13-11-16(12-14-17)29-22(19-15-26-20-10-8-7-9-18(19)20)27-28-25(29)35-21(23(30)33-5-2)24(31)34-6-3/h7-15,21,26H,4-6H2,1-3H3. The third-order valence-electron chi connectivity index (χ3n) is 5.09. The summed E-state index contributed by atoms with van der Waals surface area (Å²) in [7, 11) is 0. The first-order valence-corrected chi connectivity index (χ1v) is 12.2. The van der Waals surface area contributed by atoms with Crippen LogP contribution in [0, 0.1) is 0 Å². The van der Waals surface area contributed by atoms with E-state index in [4.69, 9.17) is 14.2 Å². The van der Waals surface area contributed by atoms with Crippen LogP contribution in [-0.2, 0) is 19.1 Å². The Morgan fingerprint density at radius 2 is 1.63 bits per heavy atom. The average Bonchev–Trinajstić information content (AvgIpc) is 3.47. The van der Waals surface area contributed by atoms with E-state index in [-0.39, 0.29) is 13.2 Å². The molecular formula is C25H26N4O5S. The van der Waals surface area contributed by atoms with Crippen molar-refractivity contribution in [2.24, 2.45) is 0 Å². The van der Waals surface area contributed by atoms with E-state index >= 15 is 0 Å². The highest BCUT2D eigenvalue weighted by molar-refractivity contribution is 8.01. The minimum atomic E-state index is -1.24. The maximum atomic E-state index is 12.6. The molecule has 2 aromatic carbocycles. The van der Waals surface area contributed by atoms with E-state index in [0.717, 1.165) is 39.7 Å². The molecule has 0 saturated heterocycles. The van der Waals surface area contributed by atoms with Gasteiger partial charge in [0.15, 0.2) is 11.0 Å². The van der Waals surface area contributed by atoms with Crippen molar-refractivity contribution in [1.29, 1.82) is 0 Å². The summed E-state index contributed by atoms with van der Waals surface area (Å²) in [6.07, 6.45) is 1.86. The fourth-order valence-electron chi connectivity index (χ4n) is 3.60. The summed E-state index contributed by atoms with van der Waals surface area (Å²) < 4.78 is 17.6. The van der Waals surface area contributed by atoms with Crippen LogP contribution in [0.3, 0.4) is 0 Å². The van der Waals surface area contributed by atoms with Gasteiger partial charge in [0, 0.05) is 22.7 Å². The van der Waals surface area contributed by atoms with E-state index < -0.39 is 17.2 Å². The van der Waals surface area contributed by atoms with Gasteiger partial charge in [-0.05, 0) is 51.1 Å². The Hall–Kier alpha value is -3.79. The largest absolute Gasteiger partial charge is 0.494 e. The number of aromatic amines is 1. The molecule has 0 aliphatic carbocycles. The molecule has 4 aromatic rings. The van der Waals surface area contributed by atoms with Crippen molar-refractivity contribution in [2.75, 3.05) is 19.8 Å². The number of fused-ring (bicyclic) bond motifs is 1. The quantitative estimate of drug-likeness (QED) is 0.196. The van der Waals surface area contributed by atoms with Gasteiger partial charge in [-0.25, -0.2) is 0 Å². The number of carbonyl (C=O) groups is 2. The minimum Gasteiger partial charge on any atom is -0.494 e. The number of hydrogen-bond donors (Lipinski definition) is 1. The Balaban J connectivity index is 1.82. The molecule has 1 N–H and O–H groups in total. The smallest absolute Gasteiger partial charge is 0.331 e. The molecule has 4 rings (SSSR count). The number of nitrogens with one attached hydrogen (secondary N) is 1. The van der Waals surface area contributed by atoms with Gasteiger partial charge in [-0.3, -0.25) is 14.2 Å². The Bertz CT molecular complexity index is 1300. The number of aromatic nitrogens is 4. The van der Waals surface area contributed by atoms with Gasteiger partial charge in [0.05, 0.1) is 25.5 Å². The number of H-pyrrole nitrogens is 1. The maximum absolute atomic E-state index is 12.6. The molecule has 2 aromatic heterocycles. The number of para-hydroxylation sites is 1. The first-order chi connectivity index (χ1) is 17.1. The summed E-state index contributed by atoms with van der Waals surface area (Å²) in [6, 6.07) is 15.3. The lowest BCUT2D eigenvalue weighted by molar-refractivity contribution is -0.152. The lowest BCUT2D eigenvalue weighted by atomic mass is 10.1. The van der Waals surface area contributed by atoms with Crippen LogP contribution in [0.15, 0.2) is 59.9 Å². The number of rotatable bonds is 10. The Morgan fingerprint density at radius 3 is 2.29 bits per heavy atom. The molecule has 0 radical (unpaired) electrons. The fourth-order valence-corrected chi connectivity index (χ4v) is 4.53. The second-order valence-electron chi connectivity index (χ2n) is 7.32. The molecule has 9 nitrogen and oxygen atoms in total. The molecule has 0 atom stereocenters. The zero-order chi connectivity index (χ0) is 24.8. The number of thioether (sulfide) groups is 1. The SMILES string of the molecule is CCOC(=O)C(Sc1nnc(-c2c[nH]c3ccccc23)n1-c1ccc(OCC)cc1)C(=O)OCC. The van der Waals surface area contributed by atoms with Crippen LogP contribution in [0.25, 0.3) is 28.0 Å². The molecule has 0 bridgehead atoms. The van der Waals surface area contributed by atoms with Crippen LogP contribution in [-0.4, -0.2) is 56.8 Å². The molecule has 0 fully saturated rings. The predicted octanol–water partition coefficient (Wildman–Crippen LogP) is 4.40. The van der Waals surface area contributed by atoms with Crippen molar-refractivity contribution in [2.45, 2.75) is 31.2 Å². The number of hydrogen-bond acceptors (Lipinski definition) is 8. The molecule has 10 heteroatoms. The topological polar surface area (TPSA) is 108 Å². The summed E-state index contributed by atoms with van der Waals surface area (Å²) in [5, 5.41) is 8.88. The first kappa shape index (κ1) is 24.3. The summed E-state index contributed by atoms with van der Waals surface area (Å²) in [5.74, 6) is -0.0969. The van der Waals surface area contributed by atoms with Gasteiger partial charge < -0.3 is 19.2 Å². The van der Waals surface area contributed by atoms with Crippen LogP contribution in [0.5, 0.6) is 5.75 Å².